The van der Waals surface area contributed by atoms with Gasteiger partial charge in [0.2, 0.25) is 5.16 Å². The fourth-order valence-corrected chi connectivity index (χ4v) is 3.15. The van der Waals surface area contributed by atoms with Gasteiger partial charge in [-0.2, -0.15) is 0 Å². The number of thiophene rings is 1. The third kappa shape index (κ3) is 2.54. The van der Waals surface area contributed by atoms with Gasteiger partial charge in [-0.3, -0.25) is 5.10 Å². The predicted molar refractivity (Wildman–Crippen MR) is 77.6 cm³/mol. The van der Waals surface area contributed by atoms with E-state index in [1.165, 1.54) is 11.8 Å². The average molecular weight is 292 g/mol. The van der Waals surface area contributed by atoms with Gasteiger partial charge in [0.15, 0.2) is 0 Å². The molecule has 0 aliphatic rings. The van der Waals surface area contributed by atoms with Crippen LogP contribution in [0.3, 0.4) is 0 Å². The molecule has 2 N–H and O–H groups in total. The van der Waals surface area contributed by atoms with Crippen LogP contribution >= 0.6 is 23.1 Å². The van der Waals surface area contributed by atoms with Gasteiger partial charge in [-0.25, -0.2) is 15.0 Å². The summed E-state index contributed by atoms with van der Waals surface area (Å²) in [6.45, 7) is 1.88. The molecule has 0 bridgehead atoms. The van der Waals surface area contributed by atoms with E-state index < -0.39 is 0 Å². The summed E-state index contributed by atoms with van der Waals surface area (Å²) in [5.41, 5.74) is 0. The van der Waals surface area contributed by atoms with Crippen LogP contribution in [-0.2, 0) is 5.75 Å². The van der Waals surface area contributed by atoms with Gasteiger partial charge in [-0.15, -0.1) is 16.4 Å². The first kappa shape index (κ1) is 12.4. The lowest BCUT2D eigenvalue weighted by atomic mass is 10.4. The van der Waals surface area contributed by atoms with Gasteiger partial charge in [0.1, 0.15) is 22.3 Å². The Morgan fingerprint density at radius 2 is 2.26 bits per heavy atom. The number of thioether (sulfide) groups is 1. The van der Waals surface area contributed by atoms with E-state index in [9.17, 15) is 0 Å². The lowest BCUT2D eigenvalue weighted by Gasteiger charge is -2.04. The number of hydrogen-bond donors (Lipinski definition) is 2. The minimum Gasteiger partial charge on any atom is -0.372 e. The van der Waals surface area contributed by atoms with E-state index in [-0.39, 0.29) is 0 Å². The number of H-pyrrole nitrogens is 1. The molecule has 0 saturated carbocycles. The van der Waals surface area contributed by atoms with E-state index in [0.717, 1.165) is 32.8 Å². The molecule has 0 spiro atoms. The van der Waals surface area contributed by atoms with Gasteiger partial charge >= 0.3 is 0 Å². The fourth-order valence-electron chi connectivity index (χ4n) is 1.67. The van der Waals surface area contributed by atoms with Gasteiger partial charge in [0, 0.05) is 7.05 Å². The third-order valence-corrected chi connectivity index (χ3v) is 4.17. The molecular weight excluding hydrogens is 280 g/mol. The zero-order chi connectivity index (χ0) is 13.2. The number of aromatic nitrogens is 5. The molecule has 0 fully saturated rings. The van der Waals surface area contributed by atoms with Crippen LogP contribution < -0.4 is 5.32 Å². The Kier molecular flexibility index (Phi) is 3.34. The van der Waals surface area contributed by atoms with Gasteiger partial charge < -0.3 is 5.32 Å². The molecule has 3 aromatic heterocycles. The maximum atomic E-state index is 4.55. The van der Waals surface area contributed by atoms with Crippen molar-refractivity contribution in [3.63, 3.8) is 0 Å². The molecule has 0 aliphatic carbocycles. The molecule has 0 aromatic carbocycles. The Bertz CT molecular complexity index is 704. The van der Waals surface area contributed by atoms with Crippen molar-refractivity contribution in [1.29, 1.82) is 0 Å². The Labute approximate surface area is 118 Å². The summed E-state index contributed by atoms with van der Waals surface area (Å²) in [7, 11) is 1.87. The first-order valence-corrected chi connectivity index (χ1v) is 7.56. The highest BCUT2D eigenvalue weighted by molar-refractivity contribution is 7.98. The van der Waals surface area contributed by atoms with Crippen molar-refractivity contribution in [2.24, 2.45) is 0 Å². The van der Waals surface area contributed by atoms with Gasteiger partial charge in [-0.1, -0.05) is 11.8 Å². The number of rotatable bonds is 4. The zero-order valence-electron chi connectivity index (χ0n) is 10.5. The van der Waals surface area contributed by atoms with E-state index in [2.05, 4.69) is 30.5 Å². The van der Waals surface area contributed by atoms with Crippen LogP contribution in [0.4, 0.5) is 5.82 Å². The normalized spacial score (nSPS) is 11.1. The van der Waals surface area contributed by atoms with Crippen LogP contribution in [0.15, 0.2) is 16.6 Å². The van der Waals surface area contributed by atoms with Crippen LogP contribution in [-0.4, -0.2) is 32.2 Å². The molecule has 0 unspecified atom stereocenters. The highest BCUT2D eigenvalue weighted by atomic mass is 32.2. The third-order valence-electron chi connectivity index (χ3n) is 2.52. The molecule has 3 rings (SSSR count). The number of nitrogens with one attached hydrogen (secondary N) is 2. The molecule has 98 valence electrons. The van der Waals surface area contributed by atoms with E-state index in [4.69, 9.17) is 0 Å². The summed E-state index contributed by atoms with van der Waals surface area (Å²) in [5, 5.41) is 13.8. The van der Waals surface area contributed by atoms with Crippen molar-refractivity contribution in [1.82, 2.24) is 25.1 Å². The minimum absolute atomic E-state index is 0.653. The van der Waals surface area contributed by atoms with Crippen LogP contribution in [0, 0.1) is 6.92 Å². The van der Waals surface area contributed by atoms with Crippen molar-refractivity contribution in [2.45, 2.75) is 17.8 Å². The standard InChI is InChI=1S/C11H12N6S2/c1-6-13-11(17-16-6)19-5-8-14-9(12-2)7-3-4-18-10(7)15-8/h3-4H,5H2,1-2H3,(H,12,14,15)(H,13,16,17). The molecule has 3 heterocycles. The number of aryl methyl sites for hydroxylation is 1. The van der Waals surface area contributed by atoms with Gasteiger partial charge in [0.05, 0.1) is 11.1 Å². The highest BCUT2D eigenvalue weighted by Gasteiger charge is 2.09. The maximum absolute atomic E-state index is 4.55. The van der Waals surface area contributed by atoms with Crippen LogP contribution in [0.25, 0.3) is 10.2 Å². The smallest absolute Gasteiger partial charge is 0.208 e. The summed E-state index contributed by atoms with van der Waals surface area (Å²) < 4.78 is 0. The molecule has 8 heteroatoms. The number of aromatic amines is 1. The summed E-state index contributed by atoms with van der Waals surface area (Å²) >= 11 is 3.14. The SMILES string of the molecule is CNc1nc(CSc2n[nH]c(C)n2)nc2sccc12. The van der Waals surface area contributed by atoms with E-state index in [0.29, 0.717) is 5.75 Å². The zero-order valence-corrected chi connectivity index (χ0v) is 12.1. The van der Waals surface area contributed by atoms with Crippen molar-refractivity contribution in [2.75, 3.05) is 12.4 Å². The van der Waals surface area contributed by atoms with Crippen molar-refractivity contribution >= 4 is 39.1 Å². The van der Waals surface area contributed by atoms with Crippen molar-refractivity contribution < 1.29 is 0 Å². The van der Waals surface area contributed by atoms with Gasteiger partial charge in [-0.05, 0) is 18.4 Å². The molecule has 0 amide bonds. The second kappa shape index (κ2) is 5.14. The quantitative estimate of drug-likeness (QED) is 0.719. The summed E-state index contributed by atoms with van der Waals surface area (Å²) in [6.07, 6.45) is 0. The molecule has 0 aliphatic heterocycles. The minimum atomic E-state index is 0.653. The topological polar surface area (TPSA) is 79.4 Å². The summed E-state index contributed by atoms with van der Waals surface area (Å²) in [6, 6.07) is 2.03. The Hall–Kier alpha value is -1.67. The first-order valence-electron chi connectivity index (χ1n) is 5.70. The number of fused-ring (bicyclic) bond motifs is 1. The number of anilines is 1. The lowest BCUT2D eigenvalue weighted by Crippen LogP contribution is -1.99. The van der Waals surface area contributed by atoms with Gasteiger partial charge in [0.25, 0.3) is 0 Å². The fraction of sp³-hybridized carbons (Fsp3) is 0.273. The maximum Gasteiger partial charge on any atom is 0.208 e. The first-order chi connectivity index (χ1) is 9.26. The summed E-state index contributed by atoms with van der Waals surface area (Å²) in [5.74, 6) is 3.12. The largest absolute Gasteiger partial charge is 0.372 e. The molecule has 6 nitrogen and oxygen atoms in total. The molecule has 0 saturated heterocycles. The monoisotopic (exact) mass is 292 g/mol. The van der Waals surface area contributed by atoms with Crippen molar-refractivity contribution in [3.05, 3.63) is 23.1 Å². The Morgan fingerprint density at radius 1 is 1.37 bits per heavy atom. The highest BCUT2D eigenvalue weighted by Crippen LogP contribution is 2.26. The molecule has 3 aromatic rings. The Balaban J connectivity index is 1.84. The average Bonchev–Trinajstić information content (AvgIpc) is 3.03. The molecular formula is C11H12N6S2. The lowest BCUT2D eigenvalue weighted by molar-refractivity contribution is 0.965. The van der Waals surface area contributed by atoms with Crippen molar-refractivity contribution in [3.8, 4) is 0 Å². The van der Waals surface area contributed by atoms with E-state index >= 15 is 0 Å². The second-order valence-corrected chi connectivity index (χ2v) is 5.71. The van der Waals surface area contributed by atoms with Crippen LogP contribution in [0.5, 0.6) is 0 Å². The van der Waals surface area contributed by atoms with E-state index in [1.54, 1.807) is 11.3 Å². The molecule has 0 radical (unpaired) electrons. The summed E-state index contributed by atoms with van der Waals surface area (Å²) in [4.78, 5) is 14.3. The number of hydrogen-bond acceptors (Lipinski definition) is 7. The molecule has 19 heavy (non-hydrogen) atoms. The number of nitrogens with zero attached hydrogens (tertiary/aromatic N) is 4. The second-order valence-electron chi connectivity index (χ2n) is 3.87. The predicted octanol–water partition coefficient (Wildman–Crippen LogP) is 2.45. The van der Waals surface area contributed by atoms with Crippen LogP contribution in [0.1, 0.15) is 11.6 Å². The molecule has 0 atom stereocenters. The van der Waals surface area contributed by atoms with E-state index in [1.807, 2.05) is 25.4 Å². The van der Waals surface area contributed by atoms with Crippen LogP contribution in [0.2, 0.25) is 0 Å². The Morgan fingerprint density at radius 3 is 3.00 bits per heavy atom.